The molecule has 2 amide bonds. The van der Waals surface area contributed by atoms with E-state index >= 15 is 0 Å². The van der Waals surface area contributed by atoms with Crippen molar-refractivity contribution in [3.8, 4) is 0 Å². The van der Waals surface area contributed by atoms with Crippen LogP contribution in [0.25, 0.3) is 0 Å². The third-order valence-corrected chi connectivity index (χ3v) is 4.79. The molecule has 2 N–H and O–H groups in total. The summed E-state index contributed by atoms with van der Waals surface area (Å²) >= 11 is 0. The molecule has 1 aromatic carbocycles. The zero-order valence-corrected chi connectivity index (χ0v) is 16.2. The number of carbonyl (C=O) groups is 2. The normalized spacial score (nSPS) is 16.4. The van der Waals surface area contributed by atoms with E-state index in [4.69, 9.17) is 0 Å². The fourth-order valence-electron chi connectivity index (χ4n) is 3.34. The van der Waals surface area contributed by atoms with Crippen molar-refractivity contribution in [3.63, 3.8) is 0 Å². The molecule has 0 aliphatic heterocycles. The molecule has 0 radical (unpaired) electrons. The smallest absolute Gasteiger partial charge is 0.244 e. The van der Waals surface area contributed by atoms with E-state index in [0.29, 0.717) is 18.0 Å². The average molecular weight is 390 g/mol. The molecule has 1 aliphatic rings. The predicted molar refractivity (Wildman–Crippen MR) is 106 cm³/mol. The first-order valence-corrected chi connectivity index (χ1v) is 9.80. The monoisotopic (exact) mass is 390 g/mol. The molecule has 0 saturated heterocycles. The Kier molecular flexibility index (Phi) is 8.85. The van der Waals surface area contributed by atoms with Crippen LogP contribution in [0.4, 0.5) is 8.78 Å². The fourth-order valence-corrected chi connectivity index (χ4v) is 3.34. The molecule has 0 spiro atoms. The molecule has 152 valence electrons. The van der Waals surface area contributed by atoms with Gasteiger partial charge in [0.05, 0.1) is 0 Å². The van der Waals surface area contributed by atoms with Gasteiger partial charge in [0.15, 0.2) is 0 Å². The van der Waals surface area contributed by atoms with Gasteiger partial charge in [-0.25, -0.2) is 8.78 Å². The van der Waals surface area contributed by atoms with E-state index in [-0.39, 0.29) is 12.3 Å². The van der Waals surface area contributed by atoms with Crippen molar-refractivity contribution < 1.29 is 18.4 Å². The lowest BCUT2D eigenvalue weighted by Crippen LogP contribution is -2.47. The summed E-state index contributed by atoms with van der Waals surface area (Å²) in [6.45, 7) is 2.15. The van der Waals surface area contributed by atoms with Crippen LogP contribution in [-0.4, -0.2) is 24.4 Å². The molecule has 1 aromatic rings. The Morgan fingerprint density at radius 3 is 2.46 bits per heavy atom. The lowest BCUT2D eigenvalue weighted by molar-refractivity contribution is -0.126. The van der Waals surface area contributed by atoms with Crippen LogP contribution in [0.2, 0.25) is 0 Å². The molecule has 1 saturated carbocycles. The molecule has 1 fully saturated rings. The average Bonchev–Trinajstić information content (AvgIpc) is 2.66. The van der Waals surface area contributed by atoms with Crippen molar-refractivity contribution in [2.75, 3.05) is 6.54 Å². The van der Waals surface area contributed by atoms with Gasteiger partial charge < -0.3 is 10.6 Å². The number of nitrogens with one attached hydrogen (secondary N) is 2. The standard InChI is InChI=1S/C22H28F2N2O2/c1-2-3-11-25-22(28)20(14-17-12-18(23)15-19(24)13-17)26-21(27)10-9-16-7-5-4-6-8-16/h2-3,9-10,12-13,15-16,20H,4-8,11,14H2,1H3,(H,25,28)(H,26,27)/b3-2+,10-9+/t20-/m0/s1. The summed E-state index contributed by atoms with van der Waals surface area (Å²) in [6, 6.07) is 2.18. The molecule has 2 rings (SSSR count). The van der Waals surface area contributed by atoms with Crippen LogP contribution in [0.15, 0.2) is 42.5 Å². The minimum Gasteiger partial charge on any atom is -0.351 e. The Morgan fingerprint density at radius 1 is 1.14 bits per heavy atom. The number of allylic oxidation sites excluding steroid dienone is 2. The number of halogens is 2. The first-order chi connectivity index (χ1) is 13.5. The maximum Gasteiger partial charge on any atom is 0.244 e. The van der Waals surface area contributed by atoms with Crippen LogP contribution in [-0.2, 0) is 16.0 Å². The summed E-state index contributed by atoms with van der Waals surface area (Å²) < 4.78 is 26.9. The van der Waals surface area contributed by atoms with E-state index in [1.165, 1.54) is 24.6 Å². The van der Waals surface area contributed by atoms with Gasteiger partial charge in [0.1, 0.15) is 17.7 Å². The second-order valence-electron chi connectivity index (χ2n) is 7.11. The van der Waals surface area contributed by atoms with Crippen LogP contribution in [0.1, 0.15) is 44.6 Å². The molecule has 28 heavy (non-hydrogen) atoms. The maximum atomic E-state index is 13.5. The first-order valence-electron chi connectivity index (χ1n) is 9.80. The Labute approximate surface area is 165 Å². The molecule has 0 heterocycles. The summed E-state index contributed by atoms with van der Waals surface area (Å²) in [6.07, 6.45) is 12.6. The van der Waals surface area contributed by atoms with Gasteiger partial charge in [0, 0.05) is 19.0 Å². The van der Waals surface area contributed by atoms with E-state index < -0.39 is 23.6 Å². The number of rotatable bonds is 8. The quantitative estimate of drug-likeness (QED) is 0.524. The highest BCUT2D eigenvalue weighted by atomic mass is 19.1. The number of hydrogen-bond acceptors (Lipinski definition) is 2. The molecule has 0 unspecified atom stereocenters. The van der Waals surface area contributed by atoms with Gasteiger partial charge in [-0.05, 0) is 49.5 Å². The molecular formula is C22H28F2N2O2. The van der Waals surface area contributed by atoms with Crippen LogP contribution < -0.4 is 10.6 Å². The number of hydrogen-bond donors (Lipinski definition) is 2. The van der Waals surface area contributed by atoms with E-state index in [1.807, 2.05) is 13.0 Å². The van der Waals surface area contributed by atoms with Crippen LogP contribution >= 0.6 is 0 Å². The Bertz CT molecular complexity index is 705. The fraction of sp³-hybridized carbons (Fsp3) is 0.455. The second kappa shape index (κ2) is 11.4. The van der Waals surface area contributed by atoms with Gasteiger partial charge in [-0.15, -0.1) is 0 Å². The summed E-state index contributed by atoms with van der Waals surface area (Å²) in [5, 5.41) is 5.36. The van der Waals surface area contributed by atoms with Crippen molar-refractivity contribution in [2.45, 2.75) is 51.5 Å². The van der Waals surface area contributed by atoms with Crippen molar-refractivity contribution in [1.82, 2.24) is 10.6 Å². The van der Waals surface area contributed by atoms with Crippen molar-refractivity contribution in [2.24, 2.45) is 5.92 Å². The lowest BCUT2D eigenvalue weighted by Gasteiger charge is -2.19. The van der Waals surface area contributed by atoms with Gasteiger partial charge in [-0.3, -0.25) is 9.59 Å². The molecule has 1 atom stereocenters. The SMILES string of the molecule is C/C=C/CNC(=O)[C@H](Cc1cc(F)cc(F)c1)NC(=O)/C=C/C1CCCCC1. The third kappa shape index (κ3) is 7.62. The van der Waals surface area contributed by atoms with E-state index in [0.717, 1.165) is 31.7 Å². The molecule has 4 nitrogen and oxygen atoms in total. The molecule has 0 aromatic heterocycles. The van der Waals surface area contributed by atoms with Gasteiger partial charge in [-0.2, -0.15) is 0 Å². The highest BCUT2D eigenvalue weighted by Crippen LogP contribution is 2.24. The highest BCUT2D eigenvalue weighted by molar-refractivity contribution is 5.93. The van der Waals surface area contributed by atoms with Crippen molar-refractivity contribution in [1.29, 1.82) is 0 Å². The molecule has 6 heteroatoms. The summed E-state index contributed by atoms with van der Waals surface area (Å²) in [5.41, 5.74) is 0.306. The lowest BCUT2D eigenvalue weighted by atomic mass is 9.89. The van der Waals surface area contributed by atoms with Crippen LogP contribution in [0, 0.1) is 17.6 Å². The summed E-state index contributed by atoms with van der Waals surface area (Å²) in [5.74, 6) is -1.83. The van der Waals surface area contributed by atoms with Crippen LogP contribution in [0.3, 0.4) is 0 Å². The minimum atomic E-state index is -0.921. The third-order valence-electron chi connectivity index (χ3n) is 4.79. The number of amides is 2. The maximum absolute atomic E-state index is 13.5. The number of carbonyl (C=O) groups excluding carboxylic acids is 2. The predicted octanol–water partition coefficient (Wildman–Crippen LogP) is 3.82. The summed E-state index contributed by atoms with van der Waals surface area (Å²) in [7, 11) is 0. The first kappa shape index (κ1) is 21.8. The summed E-state index contributed by atoms with van der Waals surface area (Å²) in [4.78, 5) is 24.8. The van der Waals surface area contributed by atoms with Crippen LogP contribution in [0.5, 0.6) is 0 Å². The van der Waals surface area contributed by atoms with Crippen molar-refractivity contribution in [3.05, 3.63) is 59.7 Å². The zero-order chi connectivity index (χ0) is 20.4. The van der Waals surface area contributed by atoms with Gasteiger partial charge >= 0.3 is 0 Å². The Hall–Kier alpha value is -2.50. The Morgan fingerprint density at radius 2 is 1.82 bits per heavy atom. The number of benzene rings is 1. The molecule has 0 bridgehead atoms. The highest BCUT2D eigenvalue weighted by Gasteiger charge is 2.21. The van der Waals surface area contributed by atoms with Gasteiger partial charge in [0.25, 0.3) is 0 Å². The molecule has 1 aliphatic carbocycles. The van der Waals surface area contributed by atoms with Crippen molar-refractivity contribution >= 4 is 11.8 Å². The van der Waals surface area contributed by atoms with E-state index in [1.54, 1.807) is 12.2 Å². The minimum absolute atomic E-state index is 0.000634. The second-order valence-corrected chi connectivity index (χ2v) is 7.11. The van der Waals surface area contributed by atoms with Gasteiger partial charge in [-0.1, -0.05) is 37.5 Å². The Balaban J connectivity index is 2.04. The van der Waals surface area contributed by atoms with E-state index in [9.17, 15) is 18.4 Å². The molecular weight excluding hydrogens is 362 g/mol. The topological polar surface area (TPSA) is 58.2 Å². The van der Waals surface area contributed by atoms with E-state index in [2.05, 4.69) is 10.6 Å². The zero-order valence-electron chi connectivity index (χ0n) is 16.2. The largest absolute Gasteiger partial charge is 0.351 e. The van der Waals surface area contributed by atoms with Gasteiger partial charge in [0.2, 0.25) is 11.8 Å².